The largest absolute Gasteiger partial charge is 0.457 e. The van der Waals surface area contributed by atoms with Crippen molar-refractivity contribution in [2.75, 3.05) is 6.61 Å². The molecule has 6 aliphatic rings. The van der Waals surface area contributed by atoms with Gasteiger partial charge < -0.3 is 29.0 Å². The molecule has 11 atom stereocenters. The Morgan fingerprint density at radius 2 is 1.77 bits per heavy atom. The lowest BCUT2D eigenvalue weighted by Crippen LogP contribution is -2.58. The molecule has 2 N–H and O–H groups in total. The van der Waals surface area contributed by atoms with Gasteiger partial charge in [0.15, 0.2) is 6.61 Å². The number of hydrogen-bond acceptors (Lipinski definition) is 10. The third-order valence-corrected chi connectivity index (χ3v) is 16.2. The first-order chi connectivity index (χ1) is 27.3. The zero-order chi connectivity index (χ0) is 40.0. The molecule has 9 rings (SSSR count). The minimum absolute atomic E-state index is 0.0136. The zero-order valence-corrected chi connectivity index (χ0v) is 33.6. The number of nitrogens with zero attached hydrogens (tertiary/aromatic N) is 2. The lowest BCUT2D eigenvalue weighted by atomic mass is 9.43. The number of aromatic nitrogens is 2. The Morgan fingerprint density at radius 1 is 1.00 bits per heavy atom. The first-order valence-corrected chi connectivity index (χ1v) is 21.3. The molecule has 304 valence electrons. The first kappa shape index (κ1) is 38.4. The molecule has 4 heterocycles. The van der Waals surface area contributed by atoms with Crippen LogP contribution in [0.3, 0.4) is 0 Å². The molecule has 0 spiro atoms. The van der Waals surface area contributed by atoms with Crippen molar-refractivity contribution in [3.63, 3.8) is 0 Å². The van der Waals surface area contributed by atoms with Crippen LogP contribution in [-0.2, 0) is 47.3 Å². The van der Waals surface area contributed by atoms with Gasteiger partial charge in [-0.2, -0.15) is 0 Å². The van der Waals surface area contributed by atoms with E-state index in [0.717, 1.165) is 67.8 Å². The van der Waals surface area contributed by atoms with E-state index in [1.807, 2.05) is 30.3 Å². The quantitative estimate of drug-likeness (QED) is 0.148. The number of para-hydroxylation sites is 1. The van der Waals surface area contributed by atoms with Gasteiger partial charge in [-0.15, -0.1) is 0 Å². The molecule has 11 heteroatoms. The minimum atomic E-state index is -1.88. The molecule has 2 aromatic heterocycles. The van der Waals surface area contributed by atoms with E-state index in [-0.39, 0.29) is 71.0 Å². The van der Waals surface area contributed by atoms with E-state index < -0.39 is 30.1 Å². The van der Waals surface area contributed by atoms with Crippen LogP contribution in [0.4, 0.5) is 0 Å². The molecule has 0 saturated heterocycles. The highest BCUT2D eigenvalue weighted by Crippen LogP contribution is 2.68. The van der Waals surface area contributed by atoms with Gasteiger partial charge in [0.2, 0.25) is 5.60 Å². The number of carbonyl (C=O) groups excluding carboxylic acids is 3. The van der Waals surface area contributed by atoms with Gasteiger partial charge in [-0.3, -0.25) is 9.59 Å². The van der Waals surface area contributed by atoms with Crippen molar-refractivity contribution in [3.8, 4) is 11.4 Å². The van der Waals surface area contributed by atoms with E-state index in [9.17, 15) is 29.4 Å². The van der Waals surface area contributed by atoms with Crippen LogP contribution in [0.25, 0.3) is 22.3 Å². The van der Waals surface area contributed by atoms with Crippen molar-refractivity contribution < 1.29 is 38.8 Å². The molecule has 0 bridgehead atoms. The van der Waals surface area contributed by atoms with Crippen molar-refractivity contribution in [3.05, 3.63) is 63.4 Å². The second-order valence-electron chi connectivity index (χ2n) is 18.9. The molecular weight excluding hydrogens is 725 g/mol. The summed E-state index contributed by atoms with van der Waals surface area (Å²) in [6.07, 6.45) is 8.05. The van der Waals surface area contributed by atoms with Crippen LogP contribution < -0.4 is 5.56 Å². The number of benzene rings is 1. The van der Waals surface area contributed by atoms with Crippen LogP contribution in [0.5, 0.6) is 0 Å². The van der Waals surface area contributed by atoms with Crippen LogP contribution in [0, 0.1) is 46.3 Å². The van der Waals surface area contributed by atoms with Gasteiger partial charge in [-0.1, -0.05) is 45.9 Å². The molecule has 4 fully saturated rings. The average molecular weight is 781 g/mol. The summed E-state index contributed by atoms with van der Waals surface area (Å²) in [4.78, 5) is 58.7. The summed E-state index contributed by atoms with van der Waals surface area (Å²) in [6.45, 7) is 8.18. The maximum absolute atomic E-state index is 13.9. The van der Waals surface area contributed by atoms with Gasteiger partial charge >= 0.3 is 17.9 Å². The van der Waals surface area contributed by atoms with Gasteiger partial charge in [-0.25, -0.2) is 14.6 Å². The van der Waals surface area contributed by atoms with Crippen LogP contribution in [0.1, 0.15) is 115 Å². The molecule has 4 aliphatic carbocycles. The summed E-state index contributed by atoms with van der Waals surface area (Å²) < 4.78 is 18.4. The molecule has 1 aromatic carbocycles. The number of esters is 3. The summed E-state index contributed by atoms with van der Waals surface area (Å²) in [6, 6.07) is 11.5. The van der Waals surface area contributed by atoms with E-state index in [1.165, 1.54) is 0 Å². The molecule has 11 nitrogen and oxygen atoms in total. The van der Waals surface area contributed by atoms with Crippen molar-refractivity contribution in [2.24, 2.45) is 46.3 Å². The van der Waals surface area contributed by atoms with Gasteiger partial charge in [0.05, 0.1) is 41.2 Å². The van der Waals surface area contributed by atoms with Crippen molar-refractivity contribution in [1.29, 1.82) is 0 Å². The topological polar surface area (TPSA) is 154 Å². The molecule has 0 amide bonds. The number of carbonyl (C=O) groups is 3. The normalized spacial score (nSPS) is 35.5. The summed E-state index contributed by atoms with van der Waals surface area (Å²) in [5, 5.41) is 23.0. The number of hydrogen-bond donors (Lipinski definition) is 2. The molecular formula is C46H56N2O9. The van der Waals surface area contributed by atoms with E-state index >= 15 is 0 Å². The summed E-state index contributed by atoms with van der Waals surface area (Å²) in [5.41, 5.74) is 1.42. The van der Waals surface area contributed by atoms with Crippen LogP contribution in [0.2, 0.25) is 0 Å². The van der Waals surface area contributed by atoms with Crippen LogP contribution in [-0.4, -0.2) is 56.5 Å². The second-order valence-corrected chi connectivity index (χ2v) is 18.9. The highest BCUT2D eigenvalue weighted by Gasteiger charge is 2.63. The fourth-order valence-corrected chi connectivity index (χ4v) is 13.2. The molecule has 0 radical (unpaired) electrons. The third-order valence-electron chi connectivity index (χ3n) is 16.2. The van der Waals surface area contributed by atoms with Crippen molar-refractivity contribution >= 4 is 28.8 Å². The van der Waals surface area contributed by atoms with Gasteiger partial charge in [0, 0.05) is 22.9 Å². The third kappa shape index (κ3) is 5.99. The Kier molecular flexibility index (Phi) is 9.46. The average Bonchev–Trinajstić information content (AvgIpc) is 3.74. The highest BCUT2D eigenvalue weighted by atomic mass is 16.6. The van der Waals surface area contributed by atoms with E-state index in [4.69, 9.17) is 19.2 Å². The summed E-state index contributed by atoms with van der Waals surface area (Å²) in [5.74, 6) is 0.0654. The Morgan fingerprint density at radius 3 is 2.58 bits per heavy atom. The fourth-order valence-electron chi connectivity index (χ4n) is 13.2. The number of rotatable bonds is 8. The molecule has 3 aromatic rings. The maximum Gasteiger partial charge on any atom is 0.355 e. The van der Waals surface area contributed by atoms with Gasteiger partial charge in [0.1, 0.15) is 6.61 Å². The van der Waals surface area contributed by atoms with E-state index in [1.54, 1.807) is 17.6 Å². The highest BCUT2D eigenvalue weighted by molar-refractivity contribution is 5.89. The molecule has 57 heavy (non-hydrogen) atoms. The predicted octanol–water partition coefficient (Wildman–Crippen LogP) is 6.58. The molecule has 1 unspecified atom stereocenters. The number of fused-ring (bicyclic) bond motifs is 10. The first-order valence-electron chi connectivity index (χ1n) is 21.3. The lowest BCUT2D eigenvalue weighted by molar-refractivity contribution is -0.192. The minimum Gasteiger partial charge on any atom is -0.457 e. The SMILES string of the molecule is CC[C@@]1(OC(=O)COC(=O)CC[C@@H](C)[C@H]2CC[C@H]3[C@@H]4[C@H](O)CC5C[C@H](O)CC[C@]5(C)[C@H]4CC[C@]23C)C(=O)OCc2c1cc1n(c2=O)Cc2cc3ccccc3nc2-1. The van der Waals surface area contributed by atoms with Crippen molar-refractivity contribution in [1.82, 2.24) is 9.55 Å². The van der Waals surface area contributed by atoms with E-state index in [2.05, 4.69) is 20.8 Å². The Balaban J connectivity index is 0.844. The molecule has 2 aliphatic heterocycles. The number of aliphatic hydroxyl groups is 2. The standard InChI is InChI=1S/C46H56N2O9/c1-5-46(34-21-36-41-27(18-26-8-6-7-9-35(26)47-41)22-48(36)42(53)30(34)23-56-43(46)54)57-39(52)24-55-38(51)13-10-25(2)31-11-12-32-40-33(15-17-45(31,32)4)44(3)16-14-29(49)19-28(44)20-37(40)50/h6-9,18,21,25,28-29,31-33,37,40,49-50H,5,10-17,19-20,22-24H2,1-4H3/t25-,28?,29-,31-,32+,33+,37-,40+,44+,45-,46+/m1/s1. The number of ether oxygens (including phenoxy) is 3. The van der Waals surface area contributed by atoms with Crippen molar-refractivity contribution in [2.45, 2.75) is 129 Å². The molecule has 4 saturated carbocycles. The van der Waals surface area contributed by atoms with Gasteiger partial charge in [-0.05, 0) is 129 Å². The number of pyridine rings is 2. The number of cyclic esters (lactones) is 1. The van der Waals surface area contributed by atoms with Crippen LogP contribution in [0.15, 0.2) is 41.2 Å². The monoisotopic (exact) mass is 780 g/mol. The van der Waals surface area contributed by atoms with E-state index in [0.29, 0.717) is 48.0 Å². The summed E-state index contributed by atoms with van der Waals surface area (Å²) >= 11 is 0. The number of aliphatic hydroxyl groups excluding tert-OH is 2. The Hall–Kier alpha value is -4.09. The maximum atomic E-state index is 13.9. The smallest absolute Gasteiger partial charge is 0.355 e. The van der Waals surface area contributed by atoms with Gasteiger partial charge in [0.25, 0.3) is 5.56 Å². The second kappa shape index (κ2) is 14.0. The Bertz CT molecular complexity index is 2200. The predicted molar refractivity (Wildman–Crippen MR) is 210 cm³/mol. The zero-order valence-electron chi connectivity index (χ0n) is 33.6. The lowest BCUT2D eigenvalue weighted by Gasteiger charge is -2.62. The van der Waals surface area contributed by atoms with Crippen LogP contribution >= 0.6 is 0 Å². The fraction of sp³-hybridized carbons (Fsp3) is 0.630. The summed E-state index contributed by atoms with van der Waals surface area (Å²) in [7, 11) is 0. The Labute approximate surface area is 333 Å².